The van der Waals surface area contributed by atoms with Crippen molar-refractivity contribution in [3.8, 4) is 16.8 Å². The number of nitrogens with one attached hydrogen (secondary N) is 1. The van der Waals surface area contributed by atoms with Gasteiger partial charge in [0.2, 0.25) is 0 Å². The minimum atomic E-state index is 1.17. The molecule has 0 amide bonds. The van der Waals surface area contributed by atoms with Crippen molar-refractivity contribution in [1.82, 2.24) is 4.57 Å². The van der Waals surface area contributed by atoms with Gasteiger partial charge in [0.25, 0.3) is 0 Å². The highest BCUT2D eigenvalue weighted by molar-refractivity contribution is 6.11. The molecule has 0 bridgehead atoms. The molecule has 0 aliphatic carbocycles. The van der Waals surface area contributed by atoms with E-state index < -0.39 is 0 Å². The highest BCUT2D eigenvalue weighted by Gasteiger charge is 2.14. The van der Waals surface area contributed by atoms with E-state index in [4.69, 9.17) is 0 Å². The van der Waals surface area contributed by atoms with Gasteiger partial charge in [0.1, 0.15) is 0 Å². The second-order valence-corrected chi connectivity index (χ2v) is 7.88. The van der Waals surface area contributed by atoms with Gasteiger partial charge in [0.05, 0.1) is 11.0 Å². The Kier molecular flexibility index (Phi) is 4.03. The Morgan fingerprint density at radius 1 is 0.581 bits per heavy atom. The molecule has 0 aliphatic rings. The Labute approximate surface area is 181 Å². The minimum Gasteiger partial charge on any atom is -0.387 e. The predicted molar refractivity (Wildman–Crippen MR) is 133 cm³/mol. The van der Waals surface area contributed by atoms with Crippen molar-refractivity contribution in [3.63, 3.8) is 0 Å². The summed E-state index contributed by atoms with van der Waals surface area (Å²) in [6.07, 6.45) is 0. The van der Waals surface area contributed by atoms with E-state index in [1.54, 1.807) is 0 Å². The summed E-state index contributed by atoms with van der Waals surface area (Å²) in [4.78, 5) is 0. The molecule has 0 aliphatic heterocycles. The first-order valence-electron chi connectivity index (χ1n) is 10.6. The molecule has 5 aromatic carbocycles. The zero-order valence-corrected chi connectivity index (χ0v) is 17.3. The van der Waals surface area contributed by atoms with Crippen LogP contribution in [0, 0.1) is 0 Å². The molecule has 1 aromatic heterocycles. The Bertz CT molecular complexity index is 1560. The number of anilines is 1. The first-order valence-corrected chi connectivity index (χ1v) is 10.6. The molecule has 0 saturated heterocycles. The molecule has 1 heterocycles. The third-order valence-corrected chi connectivity index (χ3v) is 6.18. The number of fused-ring (bicyclic) bond motifs is 4. The largest absolute Gasteiger partial charge is 0.387 e. The van der Waals surface area contributed by atoms with Gasteiger partial charge >= 0.3 is 0 Å². The van der Waals surface area contributed by atoms with Crippen LogP contribution in [0.25, 0.3) is 49.4 Å². The van der Waals surface area contributed by atoms with Crippen LogP contribution in [-0.4, -0.2) is 11.6 Å². The molecular formula is C29H22N2. The Balaban J connectivity index is 1.65. The van der Waals surface area contributed by atoms with E-state index >= 15 is 0 Å². The lowest BCUT2D eigenvalue weighted by Gasteiger charge is -2.13. The van der Waals surface area contributed by atoms with Gasteiger partial charge in [-0.15, -0.1) is 0 Å². The van der Waals surface area contributed by atoms with Gasteiger partial charge in [-0.3, -0.25) is 0 Å². The maximum absolute atomic E-state index is 3.45. The van der Waals surface area contributed by atoms with Crippen LogP contribution in [0.2, 0.25) is 0 Å². The third-order valence-electron chi connectivity index (χ3n) is 6.18. The van der Waals surface area contributed by atoms with Crippen molar-refractivity contribution >= 4 is 38.3 Å². The van der Waals surface area contributed by atoms with Crippen LogP contribution in [-0.2, 0) is 0 Å². The maximum atomic E-state index is 3.45. The van der Waals surface area contributed by atoms with Gasteiger partial charge in [-0.2, -0.15) is 0 Å². The summed E-state index contributed by atoms with van der Waals surface area (Å²) in [7, 11) is 2.01. The lowest BCUT2D eigenvalue weighted by Crippen LogP contribution is -1.94. The molecule has 0 atom stereocenters. The van der Waals surface area contributed by atoms with E-state index in [0.29, 0.717) is 0 Å². The van der Waals surface area contributed by atoms with Crippen LogP contribution >= 0.6 is 0 Å². The maximum Gasteiger partial charge on any atom is 0.0541 e. The van der Waals surface area contributed by atoms with Gasteiger partial charge in [-0.05, 0) is 41.3 Å². The number of nitrogens with zero attached hydrogens (tertiary/aromatic N) is 1. The van der Waals surface area contributed by atoms with Crippen molar-refractivity contribution in [1.29, 1.82) is 0 Å². The standard InChI is InChI=1S/C29H22N2/c1-30-29-23-12-6-5-9-20(23)15-17-24(29)21-16-18-28-26(19-21)25-13-7-8-14-27(25)31(28)22-10-3-2-4-11-22/h2-19,30H,1H3. The van der Waals surface area contributed by atoms with Crippen LogP contribution in [0.15, 0.2) is 109 Å². The first-order chi connectivity index (χ1) is 15.3. The van der Waals surface area contributed by atoms with Crippen molar-refractivity contribution in [2.75, 3.05) is 12.4 Å². The van der Waals surface area contributed by atoms with E-state index in [9.17, 15) is 0 Å². The van der Waals surface area contributed by atoms with Crippen LogP contribution in [0.4, 0.5) is 5.69 Å². The molecule has 0 fully saturated rings. The number of aromatic nitrogens is 1. The fourth-order valence-corrected chi connectivity index (χ4v) is 4.78. The SMILES string of the molecule is CNc1c(-c2ccc3c(c2)c2ccccc2n3-c2ccccc2)ccc2ccccc12. The smallest absolute Gasteiger partial charge is 0.0541 e. The third kappa shape index (κ3) is 2.72. The lowest BCUT2D eigenvalue weighted by atomic mass is 9.97. The van der Waals surface area contributed by atoms with E-state index in [1.165, 1.54) is 55.1 Å². The molecule has 31 heavy (non-hydrogen) atoms. The van der Waals surface area contributed by atoms with Crippen LogP contribution in [0.5, 0.6) is 0 Å². The average molecular weight is 399 g/mol. The van der Waals surface area contributed by atoms with Gasteiger partial charge < -0.3 is 9.88 Å². The molecule has 148 valence electrons. The molecule has 0 unspecified atom stereocenters. The zero-order valence-electron chi connectivity index (χ0n) is 17.3. The second kappa shape index (κ2) is 7.03. The molecule has 0 radical (unpaired) electrons. The van der Waals surface area contributed by atoms with E-state index in [2.05, 4.69) is 119 Å². The predicted octanol–water partition coefficient (Wildman–Crippen LogP) is 7.65. The Morgan fingerprint density at radius 2 is 1.29 bits per heavy atom. The molecule has 1 N–H and O–H groups in total. The summed E-state index contributed by atoms with van der Waals surface area (Å²) in [5, 5.41) is 8.48. The summed E-state index contributed by atoms with van der Waals surface area (Å²) in [5.74, 6) is 0. The minimum absolute atomic E-state index is 1.17. The second-order valence-electron chi connectivity index (χ2n) is 7.88. The van der Waals surface area contributed by atoms with Crippen LogP contribution < -0.4 is 5.32 Å². The van der Waals surface area contributed by atoms with E-state index in [-0.39, 0.29) is 0 Å². The van der Waals surface area contributed by atoms with Gasteiger partial charge in [0.15, 0.2) is 0 Å². The molecule has 6 aromatic rings. The first kappa shape index (κ1) is 17.8. The van der Waals surface area contributed by atoms with Crippen molar-refractivity contribution < 1.29 is 0 Å². The van der Waals surface area contributed by atoms with Crippen molar-refractivity contribution in [3.05, 3.63) is 109 Å². The highest BCUT2D eigenvalue weighted by Crippen LogP contribution is 2.38. The monoisotopic (exact) mass is 398 g/mol. The normalized spacial score (nSPS) is 11.4. The Hall–Kier alpha value is -4.04. The zero-order chi connectivity index (χ0) is 20.8. The lowest BCUT2D eigenvalue weighted by molar-refractivity contribution is 1.18. The van der Waals surface area contributed by atoms with Crippen LogP contribution in [0.1, 0.15) is 0 Å². The van der Waals surface area contributed by atoms with Gasteiger partial charge in [0, 0.05) is 40.1 Å². The topological polar surface area (TPSA) is 17.0 Å². The summed E-state index contributed by atoms with van der Waals surface area (Å²) in [6.45, 7) is 0. The van der Waals surface area contributed by atoms with E-state index in [0.717, 1.165) is 0 Å². The van der Waals surface area contributed by atoms with Crippen molar-refractivity contribution in [2.24, 2.45) is 0 Å². The number of hydrogen-bond donors (Lipinski definition) is 1. The van der Waals surface area contributed by atoms with E-state index in [1.807, 2.05) is 7.05 Å². The number of rotatable bonds is 3. The fourth-order valence-electron chi connectivity index (χ4n) is 4.78. The molecule has 2 heteroatoms. The molecule has 0 spiro atoms. The summed E-state index contributed by atoms with van der Waals surface area (Å²) in [5.41, 5.74) is 7.25. The van der Waals surface area contributed by atoms with Gasteiger partial charge in [-0.1, -0.05) is 78.9 Å². The molecule has 0 saturated carbocycles. The number of para-hydroxylation sites is 2. The molecule has 6 rings (SSSR count). The summed E-state index contributed by atoms with van der Waals surface area (Å²) in [6, 6.07) is 39.1. The fraction of sp³-hybridized carbons (Fsp3) is 0.0345. The van der Waals surface area contributed by atoms with Crippen molar-refractivity contribution in [2.45, 2.75) is 0 Å². The van der Waals surface area contributed by atoms with Crippen LogP contribution in [0.3, 0.4) is 0 Å². The molecule has 2 nitrogen and oxygen atoms in total. The molecular weight excluding hydrogens is 376 g/mol. The summed E-state index contributed by atoms with van der Waals surface area (Å²) < 4.78 is 2.35. The average Bonchev–Trinajstić information content (AvgIpc) is 3.17. The quantitative estimate of drug-likeness (QED) is 0.324. The highest BCUT2D eigenvalue weighted by atomic mass is 15.0. The summed E-state index contributed by atoms with van der Waals surface area (Å²) >= 11 is 0. The number of hydrogen-bond acceptors (Lipinski definition) is 1. The number of benzene rings is 5. The van der Waals surface area contributed by atoms with Gasteiger partial charge in [-0.25, -0.2) is 0 Å². The Morgan fingerprint density at radius 3 is 2.13 bits per heavy atom.